The fraction of sp³-hybridized carbons (Fsp3) is 0.188. The highest BCUT2D eigenvalue weighted by atomic mass is 16.2. The summed E-state index contributed by atoms with van der Waals surface area (Å²) in [6, 6.07) is 10.9. The van der Waals surface area contributed by atoms with Gasteiger partial charge in [0.2, 0.25) is 0 Å². The number of carbonyl (C=O) groups is 2. The summed E-state index contributed by atoms with van der Waals surface area (Å²) < 4.78 is 0. The summed E-state index contributed by atoms with van der Waals surface area (Å²) in [5.74, 6) is -1.38. The van der Waals surface area contributed by atoms with Gasteiger partial charge in [-0.15, -0.1) is 0 Å². The lowest BCUT2D eigenvalue weighted by Gasteiger charge is -2.14. The van der Waals surface area contributed by atoms with Crippen molar-refractivity contribution in [2.45, 2.75) is 6.54 Å². The van der Waals surface area contributed by atoms with Gasteiger partial charge in [0, 0.05) is 44.4 Å². The van der Waals surface area contributed by atoms with Crippen LogP contribution < -0.4 is 15.5 Å². The van der Waals surface area contributed by atoms with Crippen LogP contribution in [-0.2, 0) is 16.1 Å². The Balaban J connectivity index is 1.91. The minimum Gasteiger partial charge on any atom is -0.378 e. The minimum absolute atomic E-state index is 0.262. The quantitative estimate of drug-likeness (QED) is 0.837. The number of nitrogens with zero attached hydrogens (tertiary/aromatic N) is 2. The number of hydrogen-bond acceptors (Lipinski definition) is 4. The van der Waals surface area contributed by atoms with E-state index in [0.29, 0.717) is 5.69 Å². The van der Waals surface area contributed by atoms with Crippen LogP contribution in [0.1, 0.15) is 5.56 Å². The van der Waals surface area contributed by atoms with Gasteiger partial charge < -0.3 is 15.5 Å². The molecule has 1 aromatic carbocycles. The predicted molar refractivity (Wildman–Crippen MR) is 85.5 cm³/mol. The Morgan fingerprint density at radius 2 is 1.95 bits per heavy atom. The smallest absolute Gasteiger partial charge is 0.313 e. The molecule has 0 aliphatic rings. The van der Waals surface area contributed by atoms with Crippen molar-refractivity contribution in [3.05, 3.63) is 54.4 Å². The molecule has 114 valence electrons. The molecule has 0 saturated carbocycles. The van der Waals surface area contributed by atoms with Crippen molar-refractivity contribution >= 4 is 23.2 Å². The molecule has 0 radical (unpaired) electrons. The molecule has 22 heavy (non-hydrogen) atoms. The normalized spacial score (nSPS) is 9.91. The van der Waals surface area contributed by atoms with Crippen molar-refractivity contribution in [1.29, 1.82) is 0 Å². The summed E-state index contributed by atoms with van der Waals surface area (Å²) in [5, 5.41) is 5.13. The van der Waals surface area contributed by atoms with E-state index in [2.05, 4.69) is 15.6 Å². The van der Waals surface area contributed by atoms with Crippen LogP contribution in [0.2, 0.25) is 0 Å². The van der Waals surface area contributed by atoms with Gasteiger partial charge in [0.15, 0.2) is 0 Å². The van der Waals surface area contributed by atoms with E-state index in [1.807, 2.05) is 37.2 Å². The van der Waals surface area contributed by atoms with Crippen LogP contribution in [0.4, 0.5) is 11.4 Å². The van der Waals surface area contributed by atoms with Crippen molar-refractivity contribution in [2.75, 3.05) is 24.3 Å². The molecular formula is C16H18N4O2. The SMILES string of the molecule is CN(C)c1cccc(NC(=O)C(=O)NCc2cccnc2)c1. The van der Waals surface area contributed by atoms with Crippen LogP contribution in [0.5, 0.6) is 0 Å². The lowest BCUT2D eigenvalue weighted by atomic mass is 10.2. The maximum atomic E-state index is 11.9. The molecule has 0 unspecified atom stereocenters. The van der Waals surface area contributed by atoms with Crippen molar-refractivity contribution in [3.63, 3.8) is 0 Å². The molecule has 0 spiro atoms. The second-order valence-corrected chi connectivity index (χ2v) is 4.94. The van der Waals surface area contributed by atoms with Gasteiger partial charge in [-0.3, -0.25) is 14.6 Å². The fourth-order valence-corrected chi connectivity index (χ4v) is 1.82. The number of carbonyl (C=O) groups excluding carboxylic acids is 2. The molecule has 2 rings (SSSR count). The number of anilines is 2. The van der Waals surface area contributed by atoms with Crippen LogP contribution in [0.3, 0.4) is 0 Å². The van der Waals surface area contributed by atoms with Gasteiger partial charge >= 0.3 is 11.8 Å². The summed E-state index contributed by atoms with van der Waals surface area (Å²) in [5.41, 5.74) is 2.35. The van der Waals surface area contributed by atoms with Crippen LogP contribution in [-0.4, -0.2) is 30.9 Å². The molecule has 0 atom stereocenters. The molecule has 2 amide bonds. The Morgan fingerprint density at radius 1 is 1.14 bits per heavy atom. The van der Waals surface area contributed by atoms with E-state index >= 15 is 0 Å². The highest BCUT2D eigenvalue weighted by molar-refractivity contribution is 6.39. The number of nitrogens with one attached hydrogen (secondary N) is 2. The zero-order valence-corrected chi connectivity index (χ0v) is 12.5. The maximum Gasteiger partial charge on any atom is 0.313 e. The molecule has 0 aliphatic heterocycles. The zero-order valence-electron chi connectivity index (χ0n) is 12.5. The van der Waals surface area contributed by atoms with Crippen molar-refractivity contribution < 1.29 is 9.59 Å². The van der Waals surface area contributed by atoms with Gasteiger partial charge in [-0.1, -0.05) is 12.1 Å². The number of benzene rings is 1. The Bertz CT molecular complexity index is 656. The number of rotatable bonds is 4. The molecule has 0 aliphatic carbocycles. The van der Waals surface area contributed by atoms with E-state index in [1.165, 1.54) is 0 Å². The molecule has 0 bridgehead atoms. The zero-order chi connectivity index (χ0) is 15.9. The van der Waals surface area contributed by atoms with E-state index in [-0.39, 0.29) is 6.54 Å². The first-order valence-electron chi connectivity index (χ1n) is 6.82. The Kier molecular flexibility index (Phi) is 5.08. The largest absolute Gasteiger partial charge is 0.378 e. The lowest BCUT2D eigenvalue weighted by molar-refractivity contribution is -0.136. The highest BCUT2D eigenvalue weighted by Gasteiger charge is 2.13. The average Bonchev–Trinajstić information content (AvgIpc) is 2.53. The molecule has 2 N–H and O–H groups in total. The summed E-state index contributed by atoms with van der Waals surface area (Å²) in [6.45, 7) is 0.262. The monoisotopic (exact) mass is 298 g/mol. The van der Waals surface area contributed by atoms with Gasteiger partial charge in [0.1, 0.15) is 0 Å². The van der Waals surface area contributed by atoms with Gasteiger partial charge in [-0.05, 0) is 29.8 Å². The average molecular weight is 298 g/mol. The third-order valence-corrected chi connectivity index (χ3v) is 3.00. The van der Waals surface area contributed by atoms with Crippen LogP contribution in [0, 0.1) is 0 Å². The second kappa shape index (κ2) is 7.21. The van der Waals surface area contributed by atoms with Crippen molar-refractivity contribution in [1.82, 2.24) is 10.3 Å². The summed E-state index contributed by atoms with van der Waals surface area (Å²) in [7, 11) is 3.81. The Morgan fingerprint density at radius 3 is 2.64 bits per heavy atom. The first-order valence-corrected chi connectivity index (χ1v) is 6.82. The van der Waals surface area contributed by atoms with Gasteiger partial charge in [-0.2, -0.15) is 0 Å². The third kappa shape index (κ3) is 4.31. The minimum atomic E-state index is -0.695. The standard InChI is InChI=1S/C16H18N4O2/c1-20(2)14-7-3-6-13(9-14)19-16(22)15(21)18-11-12-5-4-8-17-10-12/h3-10H,11H2,1-2H3,(H,18,21)(H,19,22). The third-order valence-electron chi connectivity index (χ3n) is 3.00. The topological polar surface area (TPSA) is 74.3 Å². The Labute approximate surface area is 129 Å². The van der Waals surface area contributed by atoms with Crippen molar-refractivity contribution in [2.24, 2.45) is 0 Å². The van der Waals surface area contributed by atoms with Gasteiger partial charge in [0.05, 0.1) is 0 Å². The predicted octanol–water partition coefficient (Wildman–Crippen LogP) is 1.40. The van der Waals surface area contributed by atoms with E-state index < -0.39 is 11.8 Å². The van der Waals surface area contributed by atoms with Crippen LogP contribution in [0.25, 0.3) is 0 Å². The first kappa shape index (κ1) is 15.5. The van der Waals surface area contributed by atoms with E-state index in [0.717, 1.165) is 11.3 Å². The van der Waals surface area contributed by atoms with Gasteiger partial charge in [0.25, 0.3) is 0 Å². The molecule has 1 aromatic heterocycles. The summed E-state index contributed by atoms with van der Waals surface area (Å²) in [6.07, 6.45) is 3.29. The molecule has 6 nitrogen and oxygen atoms in total. The van der Waals surface area contributed by atoms with Crippen molar-refractivity contribution in [3.8, 4) is 0 Å². The number of amides is 2. The number of hydrogen-bond donors (Lipinski definition) is 2. The first-order chi connectivity index (χ1) is 10.6. The number of aromatic nitrogens is 1. The highest BCUT2D eigenvalue weighted by Crippen LogP contribution is 2.17. The number of pyridine rings is 1. The maximum absolute atomic E-state index is 11.9. The lowest BCUT2D eigenvalue weighted by Crippen LogP contribution is -2.35. The molecule has 1 heterocycles. The summed E-state index contributed by atoms with van der Waals surface area (Å²) in [4.78, 5) is 29.5. The van der Waals surface area contributed by atoms with Gasteiger partial charge in [-0.25, -0.2) is 0 Å². The molecule has 2 aromatic rings. The van der Waals surface area contributed by atoms with E-state index in [1.54, 1.807) is 30.6 Å². The van der Waals surface area contributed by atoms with E-state index in [9.17, 15) is 9.59 Å². The van der Waals surface area contributed by atoms with Crippen LogP contribution >= 0.6 is 0 Å². The molecule has 0 saturated heterocycles. The molecule has 6 heteroatoms. The van der Waals surface area contributed by atoms with E-state index in [4.69, 9.17) is 0 Å². The summed E-state index contributed by atoms with van der Waals surface area (Å²) >= 11 is 0. The molecular weight excluding hydrogens is 280 g/mol. The Hall–Kier alpha value is -2.89. The fourth-order valence-electron chi connectivity index (χ4n) is 1.82. The van der Waals surface area contributed by atoms with Crippen LogP contribution in [0.15, 0.2) is 48.8 Å². The molecule has 0 fully saturated rings. The second-order valence-electron chi connectivity index (χ2n) is 4.94.